The van der Waals surface area contributed by atoms with Gasteiger partial charge in [0.05, 0.1) is 5.75 Å². The first-order valence-electron chi connectivity index (χ1n) is 7.61. The average Bonchev–Trinajstić information content (AvgIpc) is 3.10. The van der Waals surface area contributed by atoms with Crippen LogP contribution in [-0.4, -0.2) is 49.8 Å². The van der Waals surface area contributed by atoms with Crippen LogP contribution in [0.3, 0.4) is 0 Å². The summed E-state index contributed by atoms with van der Waals surface area (Å²) >= 11 is 0. The van der Waals surface area contributed by atoms with Gasteiger partial charge in [0.25, 0.3) is 0 Å². The van der Waals surface area contributed by atoms with E-state index in [1.54, 1.807) is 22.5 Å². The number of likely N-dealkylation sites (tertiary alicyclic amines) is 1. The lowest BCUT2D eigenvalue weighted by atomic mass is 10.2. The van der Waals surface area contributed by atoms with E-state index in [0.29, 0.717) is 24.8 Å². The Labute approximate surface area is 126 Å². The maximum absolute atomic E-state index is 12.5. The number of sulfonamides is 1. The van der Waals surface area contributed by atoms with E-state index in [-0.39, 0.29) is 5.75 Å². The highest BCUT2D eigenvalue weighted by molar-refractivity contribution is 7.88. The Morgan fingerprint density at radius 3 is 2.67 bits per heavy atom. The zero-order chi connectivity index (χ0) is 14.9. The van der Waals surface area contributed by atoms with Crippen LogP contribution in [0.4, 0.5) is 5.69 Å². The molecule has 5 nitrogen and oxygen atoms in total. The number of nitrogen functional groups attached to an aromatic ring is 1. The highest BCUT2D eigenvalue weighted by Gasteiger charge is 2.35. The van der Waals surface area contributed by atoms with Gasteiger partial charge in [-0.15, -0.1) is 0 Å². The topological polar surface area (TPSA) is 66.6 Å². The molecule has 0 radical (unpaired) electrons. The van der Waals surface area contributed by atoms with Gasteiger partial charge in [-0.1, -0.05) is 12.1 Å². The quantitative estimate of drug-likeness (QED) is 0.851. The van der Waals surface area contributed by atoms with Crippen LogP contribution in [0.5, 0.6) is 0 Å². The number of hydrogen-bond acceptors (Lipinski definition) is 4. The maximum Gasteiger partial charge on any atom is 0.218 e. The minimum absolute atomic E-state index is 0.0464. The predicted octanol–water partition coefficient (Wildman–Crippen LogP) is 1.27. The van der Waals surface area contributed by atoms with Gasteiger partial charge in [0, 0.05) is 24.8 Å². The molecule has 1 unspecified atom stereocenters. The molecule has 0 aromatic heterocycles. The molecule has 0 amide bonds. The Hall–Kier alpha value is -1.11. The Bertz CT molecular complexity index is 597. The van der Waals surface area contributed by atoms with E-state index in [0.717, 1.165) is 25.1 Å². The number of benzene rings is 1. The van der Waals surface area contributed by atoms with E-state index in [1.807, 2.05) is 6.07 Å². The standard InChI is InChI=1S/C15H23N3O2S/c16-14-5-3-4-13(10-14)12-21(19,20)18-9-6-15(11-18)17-7-1-2-8-17/h3-5,10,15H,1-2,6-9,11-12,16H2. The van der Waals surface area contributed by atoms with Gasteiger partial charge in [0.1, 0.15) is 0 Å². The van der Waals surface area contributed by atoms with Crippen LogP contribution in [0.1, 0.15) is 24.8 Å². The van der Waals surface area contributed by atoms with Crippen molar-refractivity contribution in [2.45, 2.75) is 31.1 Å². The molecular weight excluding hydrogens is 286 g/mol. The molecule has 1 atom stereocenters. The van der Waals surface area contributed by atoms with Crippen LogP contribution in [-0.2, 0) is 15.8 Å². The first kappa shape index (κ1) is 14.8. The van der Waals surface area contributed by atoms with Crippen LogP contribution in [0.25, 0.3) is 0 Å². The third-order valence-electron chi connectivity index (χ3n) is 4.48. The Kier molecular flexibility index (Phi) is 4.19. The summed E-state index contributed by atoms with van der Waals surface area (Å²) in [6.07, 6.45) is 3.44. The summed E-state index contributed by atoms with van der Waals surface area (Å²) in [5.41, 5.74) is 7.09. The second-order valence-electron chi connectivity index (χ2n) is 6.04. The molecule has 1 aromatic rings. The number of anilines is 1. The lowest BCUT2D eigenvalue weighted by molar-refractivity contribution is 0.251. The summed E-state index contributed by atoms with van der Waals surface area (Å²) in [4.78, 5) is 2.44. The monoisotopic (exact) mass is 309 g/mol. The van der Waals surface area contributed by atoms with E-state index in [9.17, 15) is 8.42 Å². The van der Waals surface area contributed by atoms with Crippen LogP contribution < -0.4 is 5.73 Å². The van der Waals surface area contributed by atoms with Gasteiger partial charge in [0.15, 0.2) is 0 Å². The number of rotatable bonds is 4. The Morgan fingerprint density at radius 1 is 1.19 bits per heavy atom. The second-order valence-corrected chi connectivity index (χ2v) is 8.01. The Morgan fingerprint density at radius 2 is 1.95 bits per heavy atom. The second kappa shape index (κ2) is 5.94. The Balaban J connectivity index is 1.65. The smallest absolute Gasteiger partial charge is 0.218 e. The molecule has 0 aliphatic carbocycles. The molecule has 6 heteroatoms. The van der Waals surface area contributed by atoms with E-state index >= 15 is 0 Å². The summed E-state index contributed by atoms with van der Waals surface area (Å²) in [6.45, 7) is 3.53. The zero-order valence-corrected chi connectivity index (χ0v) is 13.1. The molecule has 2 heterocycles. The van der Waals surface area contributed by atoms with Crippen LogP contribution >= 0.6 is 0 Å². The van der Waals surface area contributed by atoms with Crippen LogP contribution in [0.2, 0.25) is 0 Å². The zero-order valence-electron chi connectivity index (χ0n) is 12.2. The molecule has 2 N–H and O–H groups in total. The molecule has 0 saturated carbocycles. The molecule has 2 aliphatic rings. The summed E-state index contributed by atoms with van der Waals surface area (Å²) in [6, 6.07) is 7.54. The van der Waals surface area contributed by atoms with Crippen molar-refractivity contribution < 1.29 is 8.42 Å². The third kappa shape index (κ3) is 3.39. The molecule has 0 spiro atoms. The molecule has 21 heavy (non-hydrogen) atoms. The van der Waals surface area contributed by atoms with E-state index in [4.69, 9.17) is 5.73 Å². The van der Waals surface area contributed by atoms with Gasteiger partial charge in [-0.2, -0.15) is 0 Å². The molecule has 0 bridgehead atoms. The fourth-order valence-electron chi connectivity index (χ4n) is 3.35. The van der Waals surface area contributed by atoms with Gasteiger partial charge >= 0.3 is 0 Å². The first-order chi connectivity index (χ1) is 10.0. The van der Waals surface area contributed by atoms with Gasteiger partial charge in [-0.25, -0.2) is 12.7 Å². The van der Waals surface area contributed by atoms with Gasteiger partial charge in [-0.05, 0) is 50.0 Å². The summed E-state index contributed by atoms with van der Waals surface area (Å²) in [5.74, 6) is 0.0464. The molecule has 2 fully saturated rings. The third-order valence-corrected chi connectivity index (χ3v) is 6.29. The first-order valence-corrected chi connectivity index (χ1v) is 9.22. The molecule has 3 rings (SSSR count). The predicted molar refractivity (Wildman–Crippen MR) is 84.3 cm³/mol. The maximum atomic E-state index is 12.5. The largest absolute Gasteiger partial charge is 0.399 e. The van der Waals surface area contributed by atoms with Gasteiger partial charge in [-0.3, -0.25) is 4.90 Å². The lowest BCUT2D eigenvalue weighted by Crippen LogP contribution is -2.37. The number of nitrogens with two attached hydrogens (primary N) is 1. The average molecular weight is 309 g/mol. The van der Waals surface area contributed by atoms with Crippen molar-refractivity contribution in [2.75, 3.05) is 31.9 Å². The molecule has 2 aliphatic heterocycles. The van der Waals surface area contributed by atoms with E-state index in [2.05, 4.69) is 4.90 Å². The van der Waals surface area contributed by atoms with Crippen molar-refractivity contribution in [2.24, 2.45) is 0 Å². The normalized spacial score (nSPS) is 24.7. The van der Waals surface area contributed by atoms with Crippen LogP contribution in [0.15, 0.2) is 24.3 Å². The minimum Gasteiger partial charge on any atom is -0.399 e. The van der Waals surface area contributed by atoms with Crippen molar-refractivity contribution in [3.8, 4) is 0 Å². The molecule has 116 valence electrons. The van der Waals surface area contributed by atoms with Crippen molar-refractivity contribution in [1.29, 1.82) is 0 Å². The summed E-state index contributed by atoms with van der Waals surface area (Å²) < 4.78 is 26.7. The van der Waals surface area contributed by atoms with Crippen molar-refractivity contribution in [3.05, 3.63) is 29.8 Å². The highest BCUT2D eigenvalue weighted by atomic mass is 32.2. The van der Waals surface area contributed by atoms with Crippen molar-refractivity contribution in [3.63, 3.8) is 0 Å². The van der Waals surface area contributed by atoms with Crippen molar-refractivity contribution >= 4 is 15.7 Å². The van der Waals surface area contributed by atoms with Crippen LogP contribution in [0, 0.1) is 0 Å². The lowest BCUT2D eigenvalue weighted by Gasteiger charge is -2.23. The minimum atomic E-state index is -3.24. The van der Waals surface area contributed by atoms with Crippen molar-refractivity contribution in [1.82, 2.24) is 9.21 Å². The fraction of sp³-hybridized carbons (Fsp3) is 0.600. The van der Waals surface area contributed by atoms with Gasteiger partial charge in [0.2, 0.25) is 10.0 Å². The van der Waals surface area contributed by atoms with E-state index < -0.39 is 10.0 Å². The fourth-order valence-corrected chi connectivity index (χ4v) is 4.92. The molecular formula is C15H23N3O2S. The SMILES string of the molecule is Nc1cccc(CS(=O)(=O)N2CCC(N3CCCC3)C2)c1. The number of nitrogens with zero attached hydrogens (tertiary/aromatic N) is 2. The van der Waals surface area contributed by atoms with Gasteiger partial charge < -0.3 is 5.73 Å². The molecule has 2 saturated heterocycles. The summed E-state index contributed by atoms with van der Waals surface area (Å²) in [5, 5.41) is 0. The molecule has 1 aromatic carbocycles. The summed E-state index contributed by atoms with van der Waals surface area (Å²) in [7, 11) is -3.24. The highest BCUT2D eigenvalue weighted by Crippen LogP contribution is 2.24. The van der Waals surface area contributed by atoms with E-state index in [1.165, 1.54) is 12.8 Å². The number of hydrogen-bond donors (Lipinski definition) is 1.